The van der Waals surface area contributed by atoms with Gasteiger partial charge in [0.25, 0.3) is 0 Å². The third-order valence-electron chi connectivity index (χ3n) is 1.91. The largest absolute Gasteiger partial charge is 0.386 e. The van der Waals surface area contributed by atoms with E-state index in [1.807, 2.05) is 0 Å². The van der Waals surface area contributed by atoms with Crippen LogP contribution in [-0.2, 0) is 4.74 Å². The van der Waals surface area contributed by atoms with E-state index in [2.05, 4.69) is 5.10 Å². The minimum atomic E-state index is 0.385. The van der Waals surface area contributed by atoms with Gasteiger partial charge < -0.3 is 16.3 Å². The highest BCUT2D eigenvalue weighted by Crippen LogP contribution is 2.16. The van der Waals surface area contributed by atoms with Gasteiger partial charge in [0.1, 0.15) is 5.84 Å². The Hall–Kier alpha value is -0.770. The zero-order chi connectivity index (χ0) is 8.10. The average Bonchev–Trinajstić information content (AvgIpc) is 2.52. The lowest BCUT2D eigenvalue weighted by Gasteiger charge is -2.07. The molecule has 1 aliphatic heterocycles. The zero-order valence-electron chi connectivity index (χ0n) is 6.62. The maximum Gasteiger partial charge on any atom is 0.119 e. The summed E-state index contributed by atoms with van der Waals surface area (Å²) in [5.74, 6) is 5.49. The number of nitrogens with two attached hydrogens (primary N) is 2. The first-order chi connectivity index (χ1) is 5.33. The van der Waals surface area contributed by atoms with E-state index in [1.54, 1.807) is 0 Å². The van der Waals surface area contributed by atoms with Gasteiger partial charge in [-0.05, 0) is 19.3 Å². The van der Waals surface area contributed by atoms with Crippen molar-refractivity contribution >= 4 is 5.84 Å². The van der Waals surface area contributed by atoms with E-state index in [1.165, 1.54) is 6.42 Å². The molecule has 0 amide bonds. The smallest absolute Gasteiger partial charge is 0.119 e. The molecule has 1 aliphatic rings. The minimum absolute atomic E-state index is 0.385. The van der Waals surface area contributed by atoms with Crippen LogP contribution in [0.2, 0.25) is 0 Å². The Morgan fingerprint density at radius 1 is 1.64 bits per heavy atom. The van der Waals surface area contributed by atoms with Crippen molar-refractivity contribution in [3.8, 4) is 0 Å². The van der Waals surface area contributed by atoms with E-state index in [0.717, 1.165) is 25.9 Å². The molecule has 0 aliphatic carbocycles. The predicted octanol–water partition coefficient (Wildman–Crippen LogP) is 0.176. The molecule has 4 nitrogen and oxygen atoms in total. The summed E-state index contributed by atoms with van der Waals surface area (Å²) in [5.41, 5.74) is 5.42. The molecule has 1 unspecified atom stereocenters. The summed E-state index contributed by atoms with van der Waals surface area (Å²) in [6, 6.07) is 0. The first-order valence-electron chi connectivity index (χ1n) is 3.96. The van der Waals surface area contributed by atoms with E-state index in [9.17, 15) is 0 Å². The normalized spacial score (nSPS) is 25.8. The maximum atomic E-state index is 5.42. The molecule has 1 rings (SSSR count). The van der Waals surface area contributed by atoms with Crippen LogP contribution in [0.4, 0.5) is 0 Å². The van der Waals surface area contributed by atoms with Crippen molar-refractivity contribution in [3.63, 3.8) is 0 Å². The molecular formula is C7H15N3O. The highest BCUT2D eigenvalue weighted by Gasteiger charge is 2.14. The zero-order valence-corrected chi connectivity index (χ0v) is 6.62. The van der Waals surface area contributed by atoms with Gasteiger partial charge in [-0.25, -0.2) is 0 Å². The van der Waals surface area contributed by atoms with Gasteiger partial charge in [0.05, 0.1) is 6.10 Å². The SMILES string of the molecule is NN=C(N)CCC1CCCO1. The lowest BCUT2D eigenvalue weighted by molar-refractivity contribution is 0.106. The van der Waals surface area contributed by atoms with Crippen LogP contribution in [0.3, 0.4) is 0 Å². The van der Waals surface area contributed by atoms with Gasteiger partial charge in [-0.1, -0.05) is 0 Å². The average molecular weight is 157 g/mol. The molecule has 0 aromatic rings. The van der Waals surface area contributed by atoms with Gasteiger partial charge in [-0.15, -0.1) is 0 Å². The minimum Gasteiger partial charge on any atom is -0.386 e. The quantitative estimate of drug-likeness (QED) is 0.265. The summed E-state index contributed by atoms with van der Waals surface area (Å²) >= 11 is 0. The molecule has 64 valence electrons. The predicted molar refractivity (Wildman–Crippen MR) is 44.0 cm³/mol. The Kier molecular flexibility index (Phi) is 3.16. The Labute approximate surface area is 66.6 Å². The number of rotatable bonds is 3. The lowest BCUT2D eigenvalue weighted by atomic mass is 10.1. The van der Waals surface area contributed by atoms with Gasteiger partial charge in [-0.2, -0.15) is 5.10 Å². The highest BCUT2D eigenvalue weighted by atomic mass is 16.5. The molecule has 1 heterocycles. The monoisotopic (exact) mass is 157 g/mol. The Balaban J connectivity index is 2.11. The molecule has 1 atom stereocenters. The highest BCUT2D eigenvalue weighted by molar-refractivity contribution is 5.79. The van der Waals surface area contributed by atoms with Gasteiger partial charge in [0.15, 0.2) is 0 Å². The van der Waals surface area contributed by atoms with Gasteiger partial charge in [0, 0.05) is 13.0 Å². The summed E-state index contributed by atoms with van der Waals surface area (Å²) in [4.78, 5) is 0. The van der Waals surface area contributed by atoms with Crippen molar-refractivity contribution in [1.29, 1.82) is 0 Å². The van der Waals surface area contributed by atoms with Crippen molar-refractivity contribution in [2.75, 3.05) is 6.61 Å². The standard InChI is InChI=1S/C7H15N3O/c8-7(10-9)4-3-6-2-1-5-11-6/h6H,1-5,9H2,(H2,8,10). The van der Waals surface area contributed by atoms with Crippen LogP contribution in [0.25, 0.3) is 0 Å². The molecule has 4 N–H and O–H groups in total. The number of hydrogen-bond acceptors (Lipinski definition) is 3. The van der Waals surface area contributed by atoms with E-state index >= 15 is 0 Å². The van der Waals surface area contributed by atoms with Crippen LogP contribution in [0.1, 0.15) is 25.7 Å². The Bertz CT molecular complexity index is 141. The van der Waals surface area contributed by atoms with E-state index in [4.69, 9.17) is 16.3 Å². The molecule has 11 heavy (non-hydrogen) atoms. The number of hydrazone groups is 1. The van der Waals surface area contributed by atoms with Crippen LogP contribution in [-0.4, -0.2) is 18.5 Å². The van der Waals surface area contributed by atoms with E-state index in [-0.39, 0.29) is 0 Å². The van der Waals surface area contributed by atoms with Crippen LogP contribution in [0, 0.1) is 0 Å². The summed E-state index contributed by atoms with van der Waals surface area (Å²) in [6.45, 7) is 0.893. The van der Waals surface area contributed by atoms with Gasteiger partial charge in [0.2, 0.25) is 0 Å². The summed E-state index contributed by atoms with van der Waals surface area (Å²) in [7, 11) is 0. The van der Waals surface area contributed by atoms with Crippen LogP contribution >= 0.6 is 0 Å². The number of amidine groups is 1. The second kappa shape index (κ2) is 4.18. The van der Waals surface area contributed by atoms with Crippen LogP contribution in [0.5, 0.6) is 0 Å². The van der Waals surface area contributed by atoms with E-state index in [0.29, 0.717) is 11.9 Å². The van der Waals surface area contributed by atoms with Crippen LogP contribution in [0.15, 0.2) is 5.10 Å². The second-order valence-electron chi connectivity index (χ2n) is 2.79. The summed E-state index contributed by atoms with van der Waals surface area (Å²) < 4.78 is 5.40. The molecule has 1 fully saturated rings. The molecular weight excluding hydrogens is 142 g/mol. The topological polar surface area (TPSA) is 73.6 Å². The van der Waals surface area contributed by atoms with Crippen molar-refractivity contribution in [3.05, 3.63) is 0 Å². The third-order valence-corrected chi connectivity index (χ3v) is 1.91. The van der Waals surface area contributed by atoms with Crippen molar-refractivity contribution in [1.82, 2.24) is 0 Å². The Morgan fingerprint density at radius 2 is 2.45 bits per heavy atom. The lowest BCUT2D eigenvalue weighted by Crippen LogP contribution is -2.17. The molecule has 0 radical (unpaired) electrons. The van der Waals surface area contributed by atoms with Crippen molar-refractivity contribution in [2.45, 2.75) is 31.8 Å². The fourth-order valence-electron chi connectivity index (χ4n) is 1.25. The molecule has 4 heteroatoms. The van der Waals surface area contributed by atoms with Gasteiger partial charge in [-0.3, -0.25) is 0 Å². The molecule has 0 bridgehead atoms. The summed E-state index contributed by atoms with van der Waals surface area (Å²) in [5, 5.41) is 3.39. The van der Waals surface area contributed by atoms with Crippen LogP contribution < -0.4 is 11.6 Å². The Morgan fingerprint density at radius 3 is 3.00 bits per heavy atom. The molecule has 0 aromatic heterocycles. The fourth-order valence-corrected chi connectivity index (χ4v) is 1.25. The van der Waals surface area contributed by atoms with Crippen molar-refractivity contribution in [2.24, 2.45) is 16.7 Å². The second-order valence-corrected chi connectivity index (χ2v) is 2.79. The fraction of sp³-hybridized carbons (Fsp3) is 0.857. The first kappa shape index (κ1) is 8.33. The maximum absolute atomic E-state index is 5.42. The van der Waals surface area contributed by atoms with Crippen molar-refractivity contribution < 1.29 is 4.74 Å². The number of hydrogen-bond donors (Lipinski definition) is 2. The first-order valence-corrected chi connectivity index (χ1v) is 3.96. The molecule has 0 spiro atoms. The summed E-state index contributed by atoms with van der Waals surface area (Å²) in [6.07, 6.45) is 4.41. The van der Waals surface area contributed by atoms with E-state index < -0.39 is 0 Å². The molecule has 0 aromatic carbocycles. The molecule has 1 saturated heterocycles. The third kappa shape index (κ3) is 2.76. The number of nitrogens with zero attached hydrogens (tertiary/aromatic N) is 1. The molecule has 0 saturated carbocycles. The number of ether oxygens (including phenoxy) is 1. The van der Waals surface area contributed by atoms with Gasteiger partial charge >= 0.3 is 0 Å².